The number of H-pyrrole nitrogens is 1. The summed E-state index contributed by atoms with van der Waals surface area (Å²) in [6.07, 6.45) is 1.16. The molecule has 1 atom stereocenters. The fourth-order valence-corrected chi connectivity index (χ4v) is 2.45. The van der Waals surface area contributed by atoms with Crippen molar-refractivity contribution in [2.75, 3.05) is 0 Å². The third kappa shape index (κ3) is 2.51. The second kappa shape index (κ2) is 4.32. The number of hydrogen-bond donors (Lipinski definition) is 2. The summed E-state index contributed by atoms with van der Waals surface area (Å²) >= 11 is 5.93. The van der Waals surface area contributed by atoms with Crippen LogP contribution in [0.15, 0.2) is 23.0 Å². The van der Waals surface area contributed by atoms with E-state index in [9.17, 15) is 4.79 Å². The van der Waals surface area contributed by atoms with Gasteiger partial charge in [-0.15, -0.1) is 0 Å². The molecule has 1 aliphatic rings. The average molecular weight is 278 g/mol. The predicted octanol–water partition coefficient (Wildman–Crippen LogP) is 2.46. The molecular weight excluding hydrogens is 262 g/mol. The Bertz CT molecular complexity index is 693. The first-order chi connectivity index (χ1) is 8.95. The fourth-order valence-electron chi connectivity index (χ4n) is 2.28. The first kappa shape index (κ1) is 12.6. The third-order valence-corrected chi connectivity index (χ3v) is 3.98. The van der Waals surface area contributed by atoms with Gasteiger partial charge in [-0.1, -0.05) is 25.4 Å². The SMILES string of the molecule is CC1(C)CC1NCc1nc2cc(Cl)ccc2c(=O)[nH]1. The Morgan fingerprint density at radius 2 is 2.26 bits per heavy atom. The predicted molar refractivity (Wildman–Crippen MR) is 76.4 cm³/mol. The van der Waals surface area contributed by atoms with Gasteiger partial charge in [-0.2, -0.15) is 0 Å². The van der Waals surface area contributed by atoms with Crippen molar-refractivity contribution >= 4 is 22.5 Å². The highest BCUT2D eigenvalue weighted by Gasteiger charge is 2.45. The van der Waals surface area contributed by atoms with Crippen molar-refractivity contribution in [3.05, 3.63) is 39.4 Å². The molecule has 1 unspecified atom stereocenters. The molecular formula is C14H16ClN3O. The summed E-state index contributed by atoms with van der Waals surface area (Å²) in [6.45, 7) is 5.02. The zero-order valence-electron chi connectivity index (χ0n) is 11.0. The van der Waals surface area contributed by atoms with Crippen LogP contribution in [0.3, 0.4) is 0 Å². The lowest BCUT2D eigenvalue weighted by atomic mass is 10.2. The van der Waals surface area contributed by atoms with E-state index in [-0.39, 0.29) is 5.56 Å². The highest BCUT2D eigenvalue weighted by atomic mass is 35.5. The number of aromatic nitrogens is 2. The Kier molecular flexibility index (Phi) is 2.87. The van der Waals surface area contributed by atoms with E-state index in [1.165, 1.54) is 0 Å². The number of fused-ring (bicyclic) bond motifs is 1. The molecule has 1 aliphatic carbocycles. The molecule has 2 N–H and O–H groups in total. The highest BCUT2D eigenvalue weighted by molar-refractivity contribution is 6.31. The first-order valence-electron chi connectivity index (χ1n) is 6.37. The molecule has 1 saturated carbocycles. The van der Waals surface area contributed by atoms with Crippen LogP contribution in [0.4, 0.5) is 0 Å². The molecule has 19 heavy (non-hydrogen) atoms. The van der Waals surface area contributed by atoms with Crippen molar-refractivity contribution < 1.29 is 0 Å². The van der Waals surface area contributed by atoms with Gasteiger partial charge in [-0.25, -0.2) is 4.98 Å². The number of benzene rings is 1. The second-order valence-electron chi connectivity index (χ2n) is 5.80. The van der Waals surface area contributed by atoms with Gasteiger partial charge in [0.25, 0.3) is 5.56 Å². The third-order valence-electron chi connectivity index (χ3n) is 3.75. The van der Waals surface area contributed by atoms with Gasteiger partial charge in [-0.05, 0) is 30.0 Å². The monoisotopic (exact) mass is 277 g/mol. The molecule has 0 radical (unpaired) electrons. The van der Waals surface area contributed by atoms with Crippen molar-refractivity contribution in [3.8, 4) is 0 Å². The molecule has 2 aromatic rings. The van der Waals surface area contributed by atoms with Crippen LogP contribution in [0.2, 0.25) is 5.02 Å². The average Bonchev–Trinajstić information content (AvgIpc) is 2.94. The van der Waals surface area contributed by atoms with Crippen LogP contribution < -0.4 is 10.9 Å². The Morgan fingerprint density at radius 3 is 2.95 bits per heavy atom. The number of nitrogens with zero attached hydrogens (tertiary/aromatic N) is 1. The maximum atomic E-state index is 11.9. The standard InChI is InChI=1S/C14H16ClN3O/c1-14(2)6-11(14)16-7-12-17-10-5-8(15)3-4-9(10)13(19)18-12/h3-5,11,16H,6-7H2,1-2H3,(H,17,18,19). The molecule has 1 aromatic heterocycles. The van der Waals surface area contributed by atoms with Gasteiger partial charge in [0.05, 0.1) is 17.4 Å². The number of aromatic amines is 1. The first-order valence-corrected chi connectivity index (χ1v) is 6.75. The largest absolute Gasteiger partial charge is 0.309 e. The molecule has 0 aliphatic heterocycles. The molecule has 1 fully saturated rings. The smallest absolute Gasteiger partial charge is 0.258 e. The van der Waals surface area contributed by atoms with Gasteiger partial charge in [0.2, 0.25) is 0 Å². The molecule has 4 nitrogen and oxygen atoms in total. The molecule has 3 rings (SSSR count). The lowest BCUT2D eigenvalue weighted by molar-refractivity contribution is 0.534. The topological polar surface area (TPSA) is 57.8 Å². The van der Waals surface area contributed by atoms with Crippen LogP contribution >= 0.6 is 11.6 Å². The van der Waals surface area contributed by atoms with Crippen molar-refractivity contribution in [2.24, 2.45) is 5.41 Å². The number of nitrogens with one attached hydrogen (secondary N) is 2. The van der Waals surface area contributed by atoms with Gasteiger partial charge >= 0.3 is 0 Å². The van der Waals surface area contributed by atoms with Crippen molar-refractivity contribution in [3.63, 3.8) is 0 Å². The highest BCUT2D eigenvalue weighted by Crippen LogP contribution is 2.44. The zero-order valence-corrected chi connectivity index (χ0v) is 11.7. The van der Waals surface area contributed by atoms with E-state index in [0.717, 1.165) is 6.42 Å². The summed E-state index contributed by atoms with van der Waals surface area (Å²) in [4.78, 5) is 19.2. The van der Waals surface area contributed by atoms with Crippen LogP contribution in [0.1, 0.15) is 26.1 Å². The minimum Gasteiger partial charge on any atom is -0.309 e. The van der Waals surface area contributed by atoms with E-state index in [0.29, 0.717) is 39.8 Å². The molecule has 0 amide bonds. The second-order valence-corrected chi connectivity index (χ2v) is 6.24. The van der Waals surface area contributed by atoms with Crippen molar-refractivity contribution in [1.82, 2.24) is 15.3 Å². The Labute approximate surface area is 116 Å². The van der Waals surface area contributed by atoms with Gasteiger partial charge < -0.3 is 10.3 Å². The number of halogens is 1. The lowest BCUT2D eigenvalue weighted by Crippen LogP contribution is -2.23. The van der Waals surface area contributed by atoms with Crippen LogP contribution in [0.25, 0.3) is 10.9 Å². The van der Waals surface area contributed by atoms with Gasteiger partial charge in [0.1, 0.15) is 5.82 Å². The number of hydrogen-bond acceptors (Lipinski definition) is 3. The van der Waals surface area contributed by atoms with Crippen LogP contribution in [-0.2, 0) is 6.54 Å². The molecule has 0 bridgehead atoms. The van der Waals surface area contributed by atoms with Crippen LogP contribution in [0.5, 0.6) is 0 Å². The van der Waals surface area contributed by atoms with E-state index < -0.39 is 0 Å². The van der Waals surface area contributed by atoms with E-state index in [4.69, 9.17) is 11.6 Å². The molecule has 0 saturated heterocycles. The zero-order chi connectivity index (χ0) is 13.6. The summed E-state index contributed by atoms with van der Waals surface area (Å²) in [6, 6.07) is 5.63. The summed E-state index contributed by atoms with van der Waals surface area (Å²) in [5.41, 5.74) is 0.886. The summed E-state index contributed by atoms with van der Waals surface area (Å²) in [5, 5.41) is 4.56. The number of rotatable bonds is 3. The van der Waals surface area contributed by atoms with Gasteiger partial charge in [0.15, 0.2) is 0 Å². The minimum absolute atomic E-state index is 0.117. The van der Waals surface area contributed by atoms with E-state index in [1.807, 2.05) is 0 Å². The lowest BCUT2D eigenvalue weighted by Gasteiger charge is -2.07. The maximum absolute atomic E-state index is 11.9. The summed E-state index contributed by atoms with van der Waals surface area (Å²) in [5.74, 6) is 0.655. The Balaban J connectivity index is 1.86. The van der Waals surface area contributed by atoms with Gasteiger partial charge in [0, 0.05) is 11.1 Å². The molecule has 100 valence electrons. The van der Waals surface area contributed by atoms with Gasteiger partial charge in [-0.3, -0.25) is 4.79 Å². The minimum atomic E-state index is -0.117. The van der Waals surface area contributed by atoms with Crippen molar-refractivity contribution in [1.29, 1.82) is 0 Å². The Hall–Kier alpha value is -1.39. The normalized spacial score (nSPS) is 20.7. The van der Waals surface area contributed by atoms with E-state index >= 15 is 0 Å². The van der Waals surface area contributed by atoms with Crippen molar-refractivity contribution in [2.45, 2.75) is 32.9 Å². The molecule has 0 spiro atoms. The molecule has 1 heterocycles. The van der Waals surface area contributed by atoms with Crippen LogP contribution in [0, 0.1) is 5.41 Å². The summed E-state index contributed by atoms with van der Waals surface area (Å²) in [7, 11) is 0. The quantitative estimate of drug-likeness (QED) is 0.906. The Morgan fingerprint density at radius 1 is 1.53 bits per heavy atom. The summed E-state index contributed by atoms with van der Waals surface area (Å²) < 4.78 is 0. The fraction of sp³-hybridized carbons (Fsp3) is 0.429. The molecule has 1 aromatic carbocycles. The van der Waals surface area contributed by atoms with E-state index in [1.54, 1.807) is 18.2 Å². The molecule has 5 heteroatoms. The maximum Gasteiger partial charge on any atom is 0.258 e. The van der Waals surface area contributed by atoms with Crippen LogP contribution in [-0.4, -0.2) is 16.0 Å². The van der Waals surface area contributed by atoms with E-state index in [2.05, 4.69) is 29.1 Å².